The minimum Gasteiger partial charge on any atom is -0.492 e. The number of ether oxygens (including phenoxy) is 1. The van der Waals surface area contributed by atoms with Gasteiger partial charge in [-0.15, -0.1) is 0 Å². The van der Waals surface area contributed by atoms with Gasteiger partial charge in [0.1, 0.15) is 5.75 Å². The Morgan fingerprint density at radius 2 is 2.40 bits per heavy atom. The SMILES string of the molecule is CCOc1cc(C2CCNC2)ccc1Cl. The van der Waals surface area contributed by atoms with Gasteiger partial charge in [-0.2, -0.15) is 0 Å². The van der Waals surface area contributed by atoms with Crippen LogP contribution in [0.25, 0.3) is 0 Å². The summed E-state index contributed by atoms with van der Waals surface area (Å²) in [6.45, 7) is 4.80. The third-order valence-electron chi connectivity index (χ3n) is 2.79. The molecule has 1 aliphatic rings. The molecule has 1 aliphatic heterocycles. The van der Waals surface area contributed by atoms with E-state index in [2.05, 4.69) is 17.4 Å². The molecule has 1 aromatic carbocycles. The molecule has 0 radical (unpaired) electrons. The van der Waals surface area contributed by atoms with Crippen molar-refractivity contribution in [1.29, 1.82) is 0 Å². The van der Waals surface area contributed by atoms with Gasteiger partial charge in [-0.25, -0.2) is 0 Å². The average molecular weight is 226 g/mol. The highest BCUT2D eigenvalue weighted by molar-refractivity contribution is 6.32. The molecule has 1 fully saturated rings. The molecule has 15 heavy (non-hydrogen) atoms. The zero-order valence-corrected chi connectivity index (χ0v) is 9.68. The summed E-state index contributed by atoms with van der Waals surface area (Å²) in [4.78, 5) is 0. The molecule has 1 N–H and O–H groups in total. The smallest absolute Gasteiger partial charge is 0.138 e. The van der Waals surface area contributed by atoms with Gasteiger partial charge >= 0.3 is 0 Å². The van der Waals surface area contributed by atoms with Crippen molar-refractivity contribution in [2.24, 2.45) is 0 Å². The number of nitrogens with one attached hydrogen (secondary N) is 1. The van der Waals surface area contributed by atoms with E-state index in [0.29, 0.717) is 17.5 Å². The maximum atomic E-state index is 6.04. The van der Waals surface area contributed by atoms with Gasteiger partial charge in [0.05, 0.1) is 11.6 Å². The van der Waals surface area contributed by atoms with Crippen molar-refractivity contribution in [3.8, 4) is 5.75 Å². The lowest BCUT2D eigenvalue weighted by Gasteiger charge is -2.12. The van der Waals surface area contributed by atoms with E-state index in [0.717, 1.165) is 18.8 Å². The van der Waals surface area contributed by atoms with Crippen molar-refractivity contribution in [2.75, 3.05) is 19.7 Å². The van der Waals surface area contributed by atoms with Crippen LogP contribution >= 0.6 is 11.6 Å². The van der Waals surface area contributed by atoms with E-state index in [-0.39, 0.29) is 0 Å². The van der Waals surface area contributed by atoms with Crippen LogP contribution in [0.3, 0.4) is 0 Å². The standard InChI is InChI=1S/C12H16ClNO/c1-2-15-12-7-9(3-4-11(12)13)10-5-6-14-8-10/h3-4,7,10,14H,2,5-6,8H2,1H3. The molecule has 2 rings (SSSR count). The highest BCUT2D eigenvalue weighted by Gasteiger charge is 2.17. The van der Waals surface area contributed by atoms with E-state index >= 15 is 0 Å². The third kappa shape index (κ3) is 2.44. The zero-order valence-electron chi connectivity index (χ0n) is 8.92. The summed E-state index contributed by atoms with van der Waals surface area (Å²) in [5.74, 6) is 1.42. The van der Waals surface area contributed by atoms with E-state index < -0.39 is 0 Å². The molecule has 0 spiro atoms. The van der Waals surface area contributed by atoms with Crippen LogP contribution in [0.2, 0.25) is 5.02 Å². The van der Waals surface area contributed by atoms with Crippen molar-refractivity contribution in [2.45, 2.75) is 19.3 Å². The molecule has 82 valence electrons. The minimum atomic E-state index is 0.612. The zero-order chi connectivity index (χ0) is 10.7. The molecular formula is C12H16ClNO. The van der Waals surface area contributed by atoms with Crippen LogP contribution in [0.4, 0.5) is 0 Å². The molecular weight excluding hydrogens is 210 g/mol. The van der Waals surface area contributed by atoms with Crippen molar-refractivity contribution >= 4 is 11.6 Å². The van der Waals surface area contributed by atoms with E-state index in [1.54, 1.807) is 0 Å². The summed E-state index contributed by atoms with van der Waals surface area (Å²) in [6.07, 6.45) is 1.20. The summed E-state index contributed by atoms with van der Waals surface area (Å²) in [7, 11) is 0. The fourth-order valence-corrected chi connectivity index (χ4v) is 2.15. The van der Waals surface area contributed by atoms with Crippen LogP contribution in [0.15, 0.2) is 18.2 Å². The van der Waals surface area contributed by atoms with Crippen molar-refractivity contribution in [1.82, 2.24) is 5.32 Å². The molecule has 0 aliphatic carbocycles. The molecule has 1 heterocycles. The van der Waals surface area contributed by atoms with Crippen LogP contribution in [0.5, 0.6) is 5.75 Å². The Labute approximate surface area is 95.6 Å². The fourth-order valence-electron chi connectivity index (χ4n) is 1.98. The van der Waals surface area contributed by atoms with Crippen LogP contribution in [-0.2, 0) is 0 Å². The first-order valence-corrected chi connectivity index (χ1v) is 5.82. The number of hydrogen-bond donors (Lipinski definition) is 1. The lowest BCUT2D eigenvalue weighted by molar-refractivity contribution is 0.340. The molecule has 1 unspecified atom stereocenters. The van der Waals surface area contributed by atoms with Crippen molar-refractivity contribution < 1.29 is 4.74 Å². The number of hydrogen-bond acceptors (Lipinski definition) is 2. The molecule has 1 atom stereocenters. The van der Waals surface area contributed by atoms with Crippen molar-refractivity contribution in [3.05, 3.63) is 28.8 Å². The average Bonchev–Trinajstić information content (AvgIpc) is 2.75. The Kier molecular flexibility index (Phi) is 3.49. The quantitative estimate of drug-likeness (QED) is 0.854. The third-order valence-corrected chi connectivity index (χ3v) is 3.10. The first-order valence-electron chi connectivity index (χ1n) is 5.44. The Morgan fingerprint density at radius 1 is 1.53 bits per heavy atom. The van der Waals surface area contributed by atoms with Crippen LogP contribution < -0.4 is 10.1 Å². The monoisotopic (exact) mass is 225 g/mol. The normalized spacial score (nSPS) is 20.5. The van der Waals surface area contributed by atoms with Crippen molar-refractivity contribution in [3.63, 3.8) is 0 Å². The highest BCUT2D eigenvalue weighted by atomic mass is 35.5. The van der Waals surface area contributed by atoms with E-state index in [9.17, 15) is 0 Å². The molecule has 2 nitrogen and oxygen atoms in total. The molecule has 0 aromatic heterocycles. The molecule has 0 amide bonds. The molecule has 0 saturated carbocycles. The maximum absolute atomic E-state index is 6.04. The Hall–Kier alpha value is -0.730. The minimum absolute atomic E-state index is 0.612. The summed E-state index contributed by atoms with van der Waals surface area (Å²) in [5.41, 5.74) is 1.33. The Balaban J connectivity index is 2.21. The highest BCUT2D eigenvalue weighted by Crippen LogP contribution is 2.30. The van der Waals surface area contributed by atoms with E-state index in [1.807, 2.05) is 13.0 Å². The maximum Gasteiger partial charge on any atom is 0.138 e. The first kappa shape index (κ1) is 10.8. The van der Waals surface area contributed by atoms with Crippen LogP contribution in [0.1, 0.15) is 24.8 Å². The summed E-state index contributed by atoms with van der Waals surface area (Å²) >= 11 is 6.04. The molecule has 1 saturated heterocycles. The second kappa shape index (κ2) is 4.86. The number of halogens is 1. The van der Waals surface area contributed by atoms with Crippen LogP contribution in [0, 0.1) is 0 Å². The van der Waals surface area contributed by atoms with E-state index in [4.69, 9.17) is 16.3 Å². The molecule has 3 heteroatoms. The summed E-state index contributed by atoms with van der Waals surface area (Å²) in [6, 6.07) is 6.10. The lowest BCUT2D eigenvalue weighted by atomic mass is 9.98. The second-order valence-corrected chi connectivity index (χ2v) is 4.22. The largest absolute Gasteiger partial charge is 0.492 e. The van der Waals surface area contributed by atoms with Gasteiger partial charge in [-0.1, -0.05) is 17.7 Å². The van der Waals surface area contributed by atoms with Gasteiger partial charge in [0.25, 0.3) is 0 Å². The van der Waals surface area contributed by atoms with Gasteiger partial charge in [0.2, 0.25) is 0 Å². The van der Waals surface area contributed by atoms with Crippen LogP contribution in [-0.4, -0.2) is 19.7 Å². The summed E-state index contributed by atoms with van der Waals surface area (Å²) < 4.78 is 5.48. The Bertz CT molecular complexity index is 334. The van der Waals surface area contributed by atoms with E-state index in [1.165, 1.54) is 12.0 Å². The number of benzene rings is 1. The van der Waals surface area contributed by atoms with Gasteiger partial charge in [0, 0.05) is 6.54 Å². The van der Waals surface area contributed by atoms with Gasteiger partial charge in [-0.05, 0) is 43.5 Å². The Morgan fingerprint density at radius 3 is 3.07 bits per heavy atom. The topological polar surface area (TPSA) is 21.3 Å². The van der Waals surface area contributed by atoms with Gasteiger partial charge in [-0.3, -0.25) is 0 Å². The van der Waals surface area contributed by atoms with Gasteiger partial charge < -0.3 is 10.1 Å². The molecule has 1 aromatic rings. The number of rotatable bonds is 3. The summed E-state index contributed by atoms with van der Waals surface area (Å²) in [5, 5.41) is 4.06. The first-order chi connectivity index (χ1) is 7.31. The molecule has 0 bridgehead atoms. The second-order valence-electron chi connectivity index (χ2n) is 3.81. The predicted octanol–water partition coefficient (Wildman–Crippen LogP) is 2.82. The lowest BCUT2D eigenvalue weighted by Crippen LogP contribution is -2.08. The fraction of sp³-hybridized carbons (Fsp3) is 0.500. The predicted molar refractivity (Wildman–Crippen MR) is 62.8 cm³/mol. The van der Waals surface area contributed by atoms with Gasteiger partial charge in [0.15, 0.2) is 0 Å².